The maximum absolute atomic E-state index is 10.4. The van der Waals surface area contributed by atoms with Crippen molar-refractivity contribution in [2.75, 3.05) is 0 Å². The number of nitrogens with two attached hydrogens (primary N) is 1. The largest absolute Gasteiger partial charge is 0.481 e. The minimum absolute atomic E-state index is 0.0635. The van der Waals surface area contributed by atoms with Gasteiger partial charge in [-0.2, -0.15) is 0 Å². The van der Waals surface area contributed by atoms with Crippen LogP contribution in [-0.2, 0) is 4.79 Å². The molecule has 12 heavy (non-hydrogen) atoms. The number of carboxylic acid groups (broad SMARTS) is 1. The molecule has 0 fully saturated rings. The van der Waals surface area contributed by atoms with Crippen molar-refractivity contribution in [1.29, 1.82) is 0 Å². The van der Waals surface area contributed by atoms with Crippen molar-refractivity contribution in [1.82, 2.24) is 5.32 Å². The highest BCUT2D eigenvalue weighted by Crippen LogP contribution is 2.05. The van der Waals surface area contributed by atoms with E-state index in [9.17, 15) is 9.59 Å². The molecule has 2 amide bonds. The van der Waals surface area contributed by atoms with Gasteiger partial charge in [0.1, 0.15) is 0 Å². The Hall–Kier alpha value is -1.26. The maximum Gasteiger partial charge on any atom is 0.312 e. The predicted octanol–water partition coefficient (Wildman–Crippen LogP) is 0.154. The molecule has 0 aromatic rings. The normalized spacial score (nSPS) is 12.6. The fourth-order valence-electron chi connectivity index (χ4n) is 0.824. The second kappa shape index (κ2) is 4.58. The molecule has 0 bridgehead atoms. The van der Waals surface area contributed by atoms with Gasteiger partial charge in [0.15, 0.2) is 0 Å². The van der Waals surface area contributed by atoms with Crippen LogP contribution in [0.2, 0.25) is 0 Å². The lowest BCUT2D eigenvalue weighted by Gasteiger charge is -2.18. The maximum atomic E-state index is 10.4. The van der Waals surface area contributed by atoms with Crippen LogP contribution < -0.4 is 11.1 Å². The van der Waals surface area contributed by atoms with Crippen LogP contribution in [0.15, 0.2) is 0 Å². The van der Waals surface area contributed by atoms with Gasteiger partial charge in [0.25, 0.3) is 0 Å². The van der Waals surface area contributed by atoms with Crippen LogP contribution in [0, 0.1) is 5.92 Å². The summed E-state index contributed by atoms with van der Waals surface area (Å²) in [5.41, 5.74) is 4.86. The molecule has 5 nitrogen and oxygen atoms in total. The molecule has 70 valence electrons. The molecular weight excluding hydrogens is 160 g/mol. The summed E-state index contributed by atoms with van der Waals surface area (Å²) >= 11 is 0. The van der Waals surface area contributed by atoms with Crippen LogP contribution >= 0.6 is 0 Å². The molecule has 0 spiro atoms. The summed E-state index contributed by atoms with van der Waals surface area (Å²) in [4.78, 5) is 20.7. The lowest BCUT2D eigenvalue weighted by atomic mass is 10.0. The molecule has 4 N–H and O–H groups in total. The first kappa shape index (κ1) is 10.7. The second-order valence-electron chi connectivity index (χ2n) is 2.96. The van der Waals surface area contributed by atoms with Crippen LogP contribution in [0.4, 0.5) is 4.79 Å². The van der Waals surface area contributed by atoms with Gasteiger partial charge in [-0.3, -0.25) is 4.79 Å². The second-order valence-corrected chi connectivity index (χ2v) is 2.96. The molecule has 0 rings (SSSR count). The lowest BCUT2D eigenvalue weighted by molar-refractivity contribution is -0.137. The van der Waals surface area contributed by atoms with Crippen LogP contribution in [0.1, 0.15) is 20.3 Å². The van der Waals surface area contributed by atoms with Gasteiger partial charge in [0.2, 0.25) is 0 Å². The van der Waals surface area contributed by atoms with Gasteiger partial charge in [-0.1, -0.05) is 13.8 Å². The molecule has 1 atom stereocenters. The number of amides is 2. The molecule has 0 unspecified atom stereocenters. The quantitative estimate of drug-likeness (QED) is 0.566. The fraction of sp³-hybridized carbons (Fsp3) is 0.714. The zero-order valence-corrected chi connectivity index (χ0v) is 7.20. The van der Waals surface area contributed by atoms with Gasteiger partial charge >= 0.3 is 12.0 Å². The number of aliphatic carboxylic acids is 1. The summed E-state index contributed by atoms with van der Waals surface area (Å²) in [7, 11) is 0. The van der Waals surface area contributed by atoms with Crippen LogP contribution in [0.25, 0.3) is 0 Å². The molecule has 0 radical (unpaired) electrons. The number of carbonyl (C=O) groups is 2. The number of nitrogens with one attached hydrogen (secondary N) is 1. The first-order chi connectivity index (χ1) is 5.43. The van der Waals surface area contributed by atoms with Crippen LogP contribution in [0.3, 0.4) is 0 Å². The highest BCUT2D eigenvalue weighted by Gasteiger charge is 2.17. The van der Waals surface area contributed by atoms with Crippen molar-refractivity contribution in [2.45, 2.75) is 26.3 Å². The zero-order valence-electron chi connectivity index (χ0n) is 7.20. The summed E-state index contributed by atoms with van der Waals surface area (Å²) in [6.45, 7) is 3.65. The molecule has 0 aromatic heterocycles. The topological polar surface area (TPSA) is 92.4 Å². The molecule has 0 aliphatic carbocycles. The Bertz CT molecular complexity index is 163. The molecule has 0 aliphatic heterocycles. The monoisotopic (exact) mass is 174 g/mol. The van der Waals surface area contributed by atoms with E-state index in [0.29, 0.717) is 0 Å². The Morgan fingerprint density at radius 1 is 1.50 bits per heavy atom. The highest BCUT2D eigenvalue weighted by molar-refractivity contribution is 5.74. The summed E-state index contributed by atoms with van der Waals surface area (Å²) in [5.74, 6) is -0.879. The number of rotatable bonds is 4. The van der Waals surface area contributed by atoms with Crippen molar-refractivity contribution in [3.05, 3.63) is 0 Å². The van der Waals surface area contributed by atoms with Gasteiger partial charge in [0.05, 0.1) is 6.42 Å². The standard InChI is InChI=1S/C7H14N2O3/c1-4(2)5(3-6(10)11)9-7(8)12/h4-5H,3H2,1-2H3,(H,10,11)(H3,8,9,12)/t5-/m1/s1. The number of urea groups is 1. The minimum Gasteiger partial charge on any atom is -0.481 e. The van der Waals surface area contributed by atoms with Crippen molar-refractivity contribution in [3.63, 3.8) is 0 Å². The summed E-state index contributed by atoms with van der Waals surface area (Å²) < 4.78 is 0. The van der Waals surface area contributed by atoms with E-state index in [1.54, 1.807) is 0 Å². The molecule has 0 aliphatic rings. The third-order valence-corrected chi connectivity index (χ3v) is 1.53. The van der Waals surface area contributed by atoms with Gasteiger partial charge in [-0.05, 0) is 5.92 Å². The van der Waals surface area contributed by atoms with E-state index in [2.05, 4.69) is 5.32 Å². The van der Waals surface area contributed by atoms with Gasteiger partial charge in [-0.15, -0.1) is 0 Å². The number of hydrogen-bond acceptors (Lipinski definition) is 2. The van der Waals surface area contributed by atoms with Crippen LogP contribution in [-0.4, -0.2) is 23.1 Å². The molecular formula is C7H14N2O3. The van der Waals surface area contributed by atoms with Crippen molar-refractivity contribution in [2.24, 2.45) is 11.7 Å². The summed E-state index contributed by atoms with van der Waals surface area (Å²) in [5, 5.41) is 10.8. The van der Waals surface area contributed by atoms with Gasteiger partial charge in [0, 0.05) is 6.04 Å². The Kier molecular flexibility index (Phi) is 4.10. The predicted molar refractivity (Wildman–Crippen MR) is 43.6 cm³/mol. The van der Waals surface area contributed by atoms with E-state index in [0.717, 1.165) is 0 Å². The van der Waals surface area contributed by atoms with Crippen molar-refractivity contribution >= 4 is 12.0 Å². The van der Waals surface area contributed by atoms with E-state index in [-0.39, 0.29) is 18.4 Å². The average Bonchev–Trinajstić information content (AvgIpc) is 1.83. The van der Waals surface area contributed by atoms with Crippen molar-refractivity contribution < 1.29 is 14.7 Å². The molecule has 0 aromatic carbocycles. The highest BCUT2D eigenvalue weighted by atomic mass is 16.4. The van der Waals surface area contributed by atoms with E-state index in [4.69, 9.17) is 10.8 Å². The van der Waals surface area contributed by atoms with Gasteiger partial charge < -0.3 is 16.2 Å². The van der Waals surface area contributed by atoms with E-state index < -0.39 is 12.0 Å². The third kappa shape index (κ3) is 4.54. The fourth-order valence-corrected chi connectivity index (χ4v) is 0.824. The lowest BCUT2D eigenvalue weighted by Crippen LogP contribution is -2.42. The number of carbonyl (C=O) groups excluding carboxylic acids is 1. The first-order valence-corrected chi connectivity index (χ1v) is 3.71. The molecule has 5 heteroatoms. The minimum atomic E-state index is -0.942. The number of carboxylic acids is 1. The Balaban J connectivity index is 4.04. The summed E-state index contributed by atoms with van der Waals surface area (Å²) in [6.07, 6.45) is -0.0966. The van der Waals surface area contributed by atoms with Gasteiger partial charge in [-0.25, -0.2) is 4.79 Å². The molecule has 0 saturated carbocycles. The third-order valence-electron chi connectivity index (χ3n) is 1.53. The molecule has 0 heterocycles. The van der Waals surface area contributed by atoms with Crippen molar-refractivity contribution in [3.8, 4) is 0 Å². The average molecular weight is 174 g/mol. The van der Waals surface area contributed by atoms with E-state index in [1.165, 1.54) is 0 Å². The van der Waals surface area contributed by atoms with E-state index in [1.807, 2.05) is 13.8 Å². The zero-order chi connectivity index (χ0) is 9.72. The Labute approximate surface area is 70.9 Å². The smallest absolute Gasteiger partial charge is 0.312 e. The summed E-state index contributed by atoms with van der Waals surface area (Å²) in [6, 6.07) is -1.07. The molecule has 0 saturated heterocycles. The number of hydrogen-bond donors (Lipinski definition) is 3. The number of primary amides is 1. The Morgan fingerprint density at radius 3 is 2.25 bits per heavy atom. The van der Waals surface area contributed by atoms with E-state index >= 15 is 0 Å². The Morgan fingerprint density at radius 2 is 2.00 bits per heavy atom. The first-order valence-electron chi connectivity index (χ1n) is 3.71. The SMILES string of the molecule is CC(C)[C@@H](CC(=O)O)NC(N)=O. The van der Waals surface area contributed by atoms with Crippen LogP contribution in [0.5, 0.6) is 0 Å².